The number of ether oxygens (including phenoxy) is 1. The third-order valence-corrected chi connectivity index (χ3v) is 6.32. The molecule has 0 fully saturated rings. The smallest absolute Gasteiger partial charge is 0.319 e. The number of halogens is 1. The predicted octanol–water partition coefficient (Wildman–Crippen LogP) is 6.23. The molecule has 3 rings (SSSR count). The zero-order valence-corrected chi connectivity index (χ0v) is 17.7. The maximum atomic E-state index is 12.3. The molecule has 2 heterocycles. The van der Waals surface area contributed by atoms with Crippen molar-refractivity contribution < 1.29 is 9.53 Å². The minimum absolute atomic E-state index is 0.203. The molecule has 0 saturated heterocycles. The van der Waals surface area contributed by atoms with Gasteiger partial charge in [0.2, 0.25) is 0 Å². The number of unbranched alkanes of at least 4 members (excludes halogenated alkanes) is 2. The van der Waals surface area contributed by atoms with Crippen LogP contribution in [0.2, 0.25) is 5.02 Å². The van der Waals surface area contributed by atoms with E-state index in [1.54, 1.807) is 17.7 Å². The van der Waals surface area contributed by atoms with Gasteiger partial charge in [0.25, 0.3) is 0 Å². The third kappa shape index (κ3) is 5.00. The van der Waals surface area contributed by atoms with E-state index in [2.05, 4.69) is 22.3 Å². The van der Waals surface area contributed by atoms with Crippen LogP contribution in [0, 0.1) is 0 Å². The Morgan fingerprint density at radius 1 is 1.26 bits per heavy atom. The molecule has 0 bridgehead atoms. The Hall–Kier alpha value is -1.63. The average molecular weight is 421 g/mol. The van der Waals surface area contributed by atoms with Gasteiger partial charge in [-0.1, -0.05) is 55.3 Å². The lowest BCUT2D eigenvalue weighted by atomic mass is 10.1. The minimum atomic E-state index is -0.331. The number of rotatable bonds is 8. The van der Waals surface area contributed by atoms with Gasteiger partial charge in [-0.15, -0.1) is 11.3 Å². The highest BCUT2D eigenvalue weighted by molar-refractivity contribution is 8.00. The summed E-state index contributed by atoms with van der Waals surface area (Å²) in [4.78, 5) is 22.0. The Balaban J connectivity index is 1.81. The monoisotopic (exact) mass is 420 g/mol. The van der Waals surface area contributed by atoms with Crippen LogP contribution in [0.4, 0.5) is 0 Å². The largest absolute Gasteiger partial charge is 0.465 e. The Labute approximate surface area is 172 Å². The molecular formula is C20H21ClN2O2S2. The normalized spacial score (nSPS) is 12.3. The van der Waals surface area contributed by atoms with Crippen molar-refractivity contribution in [3.63, 3.8) is 0 Å². The lowest BCUT2D eigenvalue weighted by molar-refractivity contribution is -0.142. The number of thiophene rings is 1. The van der Waals surface area contributed by atoms with E-state index in [0.717, 1.165) is 45.6 Å². The highest BCUT2D eigenvalue weighted by Crippen LogP contribution is 2.39. The Kier molecular flexibility index (Phi) is 7.10. The van der Waals surface area contributed by atoms with Crippen molar-refractivity contribution >= 4 is 50.9 Å². The van der Waals surface area contributed by atoms with E-state index < -0.39 is 0 Å². The van der Waals surface area contributed by atoms with Gasteiger partial charge in [0, 0.05) is 16.0 Å². The van der Waals surface area contributed by atoms with Crippen molar-refractivity contribution in [3.8, 4) is 11.1 Å². The van der Waals surface area contributed by atoms with Crippen LogP contribution in [0.5, 0.6) is 0 Å². The number of benzene rings is 1. The summed E-state index contributed by atoms with van der Waals surface area (Å²) >= 11 is 8.99. The number of hydrogen-bond donors (Lipinski definition) is 0. The molecule has 0 radical (unpaired) electrons. The van der Waals surface area contributed by atoms with Crippen molar-refractivity contribution in [1.29, 1.82) is 0 Å². The van der Waals surface area contributed by atoms with Gasteiger partial charge in [-0.25, -0.2) is 9.97 Å². The van der Waals surface area contributed by atoms with Gasteiger partial charge in [0.05, 0.1) is 12.0 Å². The number of carbonyl (C=O) groups is 1. The summed E-state index contributed by atoms with van der Waals surface area (Å²) in [6.07, 6.45) is 4.63. The first-order valence-corrected chi connectivity index (χ1v) is 11.0. The summed E-state index contributed by atoms with van der Waals surface area (Å²) < 4.78 is 5.38. The molecule has 0 N–H and O–H groups in total. The van der Waals surface area contributed by atoms with Gasteiger partial charge < -0.3 is 4.74 Å². The highest BCUT2D eigenvalue weighted by Gasteiger charge is 2.20. The van der Waals surface area contributed by atoms with Crippen LogP contribution in [-0.4, -0.2) is 27.8 Å². The van der Waals surface area contributed by atoms with Crippen LogP contribution >= 0.6 is 34.7 Å². The molecule has 0 spiro atoms. The molecule has 0 aliphatic heterocycles. The second kappa shape index (κ2) is 9.53. The van der Waals surface area contributed by atoms with Crippen LogP contribution in [0.3, 0.4) is 0 Å². The molecule has 0 aliphatic rings. The van der Waals surface area contributed by atoms with Gasteiger partial charge in [-0.3, -0.25) is 4.79 Å². The standard InChI is InChI=1S/C20H21ClN2O2S2/c1-3-4-5-10-25-20(24)13(2)27-19-17-16(11-26-18(17)22-12-23-19)14-6-8-15(21)9-7-14/h6-9,11-13H,3-5,10H2,1-2H3/t13-/m1/s1. The van der Waals surface area contributed by atoms with Gasteiger partial charge in [-0.05, 0) is 31.0 Å². The quantitative estimate of drug-likeness (QED) is 0.187. The van der Waals surface area contributed by atoms with Crippen LogP contribution in [0.15, 0.2) is 41.0 Å². The first-order chi connectivity index (χ1) is 13.1. The lowest BCUT2D eigenvalue weighted by Crippen LogP contribution is -2.17. The Morgan fingerprint density at radius 3 is 2.78 bits per heavy atom. The molecule has 1 aromatic carbocycles. The molecule has 1 atom stereocenters. The maximum absolute atomic E-state index is 12.3. The van der Waals surface area contributed by atoms with E-state index in [-0.39, 0.29) is 11.2 Å². The number of aromatic nitrogens is 2. The van der Waals surface area contributed by atoms with E-state index >= 15 is 0 Å². The topological polar surface area (TPSA) is 52.1 Å². The molecule has 0 saturated carbocycles. The highest BCUT2D eigenvalue weighted by atomic mass is 35.5. The second-order valence-electron chi connectivity index (χ2n) is 6.15. The molecule has 7 heteroatoms. The van der Waals surface area contributed by atoms with Gasteiger partial charge in [-0.2, -0.15) is 0 Å². The lowest BCUT2D eigenvalue weighted by Gasteiger charge is -2.12. The van der Waals surface area contributed by atoms with Crippen molar-refractivity contribution in [1.82, 2.24) is 9.97 Å². The SMILES string of the molecule is CCCCCOC(=O)[C@@H](C)Sc1ncnc2scc(-c3ccc(Cl)cc3)c12. The number of hydrogen-bond acceptors (Lipinski definition) is 6. The van der Waals surface area contributed by atoms with Gasteiger partial charge in [0.15, 0.2) is 0 Å². The number of fused-ring (bicyclic) bond motifs is 1. The number of nitrogens with zero attached hydrogens (tertiary/aromatic N) is 2. The fourth-order valence-corrected chi connectivity index (χ4v) is 4.67. The summed E-state index contributed by atoms with van der Waals surface area (Å²) in [5.74, 6) is -0.203. The summed E-state index contributed by atoms with van der Waals surface area (Å²) in [5.41, 5.74) is 2.11. The van der Waals surface area contributed by atoms with Crippen LogP contribution in [0.25, 0.3) is 21.3 Å². The van der Waals surface area contributed by atoms with Crippen LogP contribution < -0.4 is 0 Å². The summed E-state index contributed by atoms with van der Waals surface area (Å²) in [5, 5.41) is 4.20. The minimum Gasteiger partial charge on any atom is -0.465 e. The number of carbonyl (C=O) groups excluding carboxylic acids is 1. The zero-order chi connectivity index (χ0) is 19.2. The number of esters is 1. The molecule has 27 heavy (non-hydrogen) atoms. The van der Waals surface area contributed by atoms with Gasteiger partial charge >= 0.3 is 5.97 Å². The van der Waals surface area contributed by atoms with Crippen molar-refractivity contribution in [2.75, 3.05) is 6.61 Å². The average Bonchev–Trinajstić information content (AvgIpc) is 3.11. The Morgan fingerprint density at radius 2 is 2.04 bits per heavy atom. The predicted molar refractivity (Wildman–Crippen MR) is 114 cm³/mol. The fraction of sp³-hybridized carbons (Fsp3) is 0.350. The van der Waals surface area contributed by atoms with E-state index in [1.807, 2.05) is 31.2 Å². The van der Waals surface area contributed by atoms with Crippen molar-refractivity contribution in [2.24, 2.45) is 0 Å². The van der Waals surface area contributed by atoms with Crippen LogP contribution in [0.1, 0.15) is 33.1 Å². The van der Waals surface area contributed by atoms with Crippen LogP contribution in [-0.2, 0) is 9.53 Å². The molecule has 4 nitrogen and oxygen atoms in total. The molecule has 3 aromatic rings. The van der Waals surface area contributed by atoms with E-state index in [9.17, 15) is 4.79 Å². The molecular weight excluding hydrogens is 400 g/mol. The second-order valence-corrected chi connectivity index (χ2v) is 8.77. The van der Waals surface area contributed by atoms with Crippen molar-refractivity contribution in [2.45, 2.75) is 43.4 Å². The number of thioether (sulfide) groups is 1. The fourth-order valence-electron chi connectivity index (χ4n) is 2.64. The molecule has 2 aromatic heterocycles. The molecule has 0 unspecified atom stereocenters. The van der Waals surface area contributed by atoms with E-state index in [1.165, 1.54) is 11.8 Å². The molecule has 0 amide bonds. The zero-order valence-electron chi connectivity index (χ0n) is 15.3. The summed E-state index contributed by atoms with van der Waals surface area (Å²) in [7, 11) is 0. The summed E-state index contributed by atoms with van der Waals surface area (Å²) in [6, 6.07) is 7.70. The van der Waals surface area contributed by atoms with E-state index in [0.29, 0.717) is 11.6 Å². The van der Waals surface area contributed by atoms with Gasteiger partial charge in [0.1, 0.15) is 21.4 Å². The third-order valence-electron chi connectivity index (χ3n) is 4.10. The van der Waals surface area contributed by atoms with E-state index in [4.69, 9.17) is 16.3 Å². The maximum Gasteiger partial charge on any atom is 0.319 e. The molecule has 142 valence electrons. The Bertz CT molecular complexity index is 912. The molecule has 0 aliphatic carbocycles. The first-order valence-electron chi connectivity index (χ1n) is 8.91. The van der Waals surface area contributed by atoms with Crippen molar-refractivity contribution in [3.05, 3.63) is 41.0 Å². The first kappa shape index (κ1) is 20.1. The summed E-state index contributed by atoms with van der Waals surface area (Å²) in [6.45, 7) is 4.46.